The van der Waals surface area contributed by atoms with Crippen LogP contribution in [0.1, 0.15) is 0 Å². The number of benzene rings is 1. The summed E-state index contributed by atoms with van der Waals surface area (Å²) in [6, 6.07) is 8.82. The minimum absolute atomic E-state index is 0.161. The van der Waals surface area contributed by atoms with E-state index in [-0.39, 0.29) is 5.91 Å². The lowest BCUT2D eigenvalue weighted by Crippen LogP contribution is -2.48. The predicted octanol–water partition coefficient (Wildman–Crippen LogP) is -0.508. The molecule has 0 radical (unpaired) electrons. The van der Waals surface area contributed by atoms with Gasteiger partial charge in [-0.05, 0) is 12.1 Å². The molecule has 0 saturated carbocycles. The molecular formula is C10H14N4O. The first-order chi connectivity index (χ1) is 7.13. The summed E-state index contributed by atoms with van der Waals surface area (Å²) in [6.07, 6.45) is -0.495. The second-order valence-corrected chi connectivity index (χ2v) is 3.56. The molecule has 1 aliphatic heterocycles. The Kier molecular flexibility index (Phi) is 2.34. The number of anilines is 1. The highest BCUT2D eigenvalue weighted by Crippen LogP contribution is 2.22. The Bertz CT molecular complexity index is 367. The SMILES string of the molecule is CN1C(=O)C(N)C(N)N1c1ccccc1. The predicted molar refractivity (Wildman–Crippen MR) is 57.6 cm³/mol. The maximum atomic E-state index is 11.6. The third-order valence-corrected chi connectivity index (χ3v) is 2.60. The molecule has 1 heterocycles. The van der Waals surface area contributed by atoms with Gasteiger partial charge in [-0.15, -0.1) is 0 Å². The van der Waals surface area contributed by atoms with Gasteiger partial charge in [-0.2, -0.15) is 0 Å². The van der Waals surface area contributed by atoms with Crippen LogP contribution < -0.4 is 16.5 Å². The van der Waals surface area contributed by atoms with Gasteiger partial charge < -0.3 is 11.5 Å². The summed E-state index contributed by atoms with van der Waals surface area (Å²) in [4.78, 5) is 11.6. The molecule has 2 unspecified atom stereocenters. The standard InChI is InChI=1S/C10H14N4O/c1-13-10(15)8(11)9(12)14(13)7-5-3-2-4-6-7/h2-6,8-9H,11-12H2,1H3. The Morgan fingerprint density at radius 2 is 1.80 bits per heavy atom. The number of amides is 1. The maximum Gasteiger partial charge on any atom is 0.261 e. The van der Waals surface area contributed by atoms with Crippen molar-refractivity contribution in [2.45, 2.75) is 12.2 Å². The van der Waals surface area contributed by atoms with E-state index in [2.05, 4.69) is 0 Å². The molecule has 0 bridgehead atoms. The molecule has 15 heavy (non-hydrogen) atoms. The third-order valence-electron chi connectivity index (χ3n) is 2.60. The lowest BCUT2D eigenvalue weighted by atomic mass is 10.2. The third kappa shape index (κ3) is 1.45. The summed E-state index contributed by atoms with van der Waals surface area (Å²) in [5.74, 6) is -0.161. The number of nitrogens with two attached hydrogens (primary N) is 2. The van der Waals surface area contributed by atoms with Crippen LogP contribution in [0.15, 0.2) is 30.3 Å². The summed E-state index contributed by atoms with van der Waals surface area (Å²) >= 11 is 0. The van der Waals surface area contributed by atoms with Gasteiger partial charge in [-0.1, -0.05) is 18.2 Å². The summed E-state index contributed by atoms with van der Waals surface area (Å²) in [5.41, 5.74) is 12.4. The highest BCUT2D eigenvalue weighted by molar-refractivity contribution is 5.87. The minimum Gasteiger partial charge on any atom is -0.317 e. The Hall–Kier alpha value is -1.59. The number of hydrogen-bond donors (Lipinski definition) is 2. The molecule has 5 nitrogen and oxygen atoms in total. The van der Waals surface area contributed by atoms with Crippen LogP contribution in [-0.2, 0) is 4.79 Å². The first-order valence-electron chi connectivity index (χ1n) is 4.76. The molecule has 1 aromatic rings. The number of nitrogens with zero attached hydrogens (tertiary/aromatic N) is 2. The van der Waals surface area contributed by atoms with Crippen LogP contribution in [0, 0.1) is 0 Å². The van der Waals surface area contributed by atoms with Gasteiger partial charge in [0.15, 0.2) is 0 Å². The van der Waals surface area contributed by atoms with E-state index < -0.39 is 12.2 Å². The van der Waals surface area contributed by atoms with E-state index in [0.717, 1.165) is 5.69 Å². The lowest BCUT2D eigenvalue weighted by Gasteiger charge is -2.29. The number of rotatable bonds is 1. The van der Waals surface area contributed by atoms with Crippen molar-refractivity contribution in [1.29, 1.82) is 0 Å². The Morgan fingerprint density at radius 1 is 1.20 bits per heavy atom. The van der Waals surface area contributed by atoms with Crippen molar-refractivity contribution in [1.82, 2.24) is 5.01 Å². The average molecular weight is 206 g/mol. The molecule has 1 aromatic carbocycles. The van der Waals surface area contributed by atoms with Crippen LogP contribution in [0.2, 0.25) is 0 Å². The highest BCUT2D eigenvalue weighted by atomic mass is 16.2. The van der Waals surface area contributed by atoms with E-state index in [1.807, 2.05) is 30.3 Å². The fourth-order valence-electron chi connectivity index (χ4n) is 1.75. The van der Waals surface area contributed by atoms with E-state index in [9.17, 15) is 4.79 Å². The molecule has 1 amide bonds. The maximum absolute atomic E-state index is 11.6. The van der Waals surface area contributed by atoms with E-state index in [0.29, 0.717) is 0 Å². The van der Waals surface area contributed by atoms with E-state index in [1.54, 1.807) is 12.1 Å². The van der Waals surface area contributed by atoms with Crippen molar-refractivity contribution < 1.29 is 4.79 Å². The number of para-hydroxylation sites is 1. The van der Waals surface area contributed by atoms with Crippen LogP contribution in [0.4, 0.5) is 5.69 Å². The van der Waals surface area contributed by atoms with Crippen molar-refractivity contribution in [2.75, 3.05) is 12.1 Å². The number of carbonyl (C=O) groups excluding carboxylic acids is 1. The van der Waals surface area contributed by atoms with Crippen LogP contribution in [0.3, 0.4) is 0 Å². The zero-order chi connectivity index (χ0) is 11.0. The monoisotopic (exact) mass is 206 g/mol. The number of hydrazine groups is 1. The summed E-state index contributed by atoms with van der Waals surface area (Å²) < 4.78 is 0. The van der Waals surface area contributed by atoms with Crippen molar-refractivity contribution in [3.8, 4) is 0 Å². The number of carbonyl (C=O) groups is 1. The first kappa shape index (κ1) is 9.95. The summed E-state index contributed by atoms with van der Waals surface area (Å²) in [5, 5.41) is 3.16. The molecule has 80 valence electrons. The summed E-state index contributed by atoms with van der Waals surface area (Å²) in [7, 11) is 1.67. The molecule has 2 rings (SSSR count). The molecule has 0 aromatic heterocycles. The van der Waals surface area contributed by atoms with Gasteiger partial charge in [0.1, 0.15) is 12.2 Å². The Morgan fingerprint density at radius 3 is 2.27 bits per heavy atom. The normalized spacial score (nSPS) is 26.2. The molecule has 1 saturated heterocycles. The molecule has 1 fully saturated rings. The van der Waals surface area contributed by atoms with Crippen molar-refractivity contribution in [2.24, 2.45) is 11.5 Å². The lowest BCUT2D eigenvalue weighted by molar-refractivity contribution is -0.127. The van der Waals surface area contributed by atoms with Gasteiger partial charge >= 0.3 is 0 Å². The first-order valence-corrected chi connectivity index (χ1v) is 4.76. The van der Waals surface area contributed by atoms with Gasteiger partial charge in [0, 0.05) is 7.05 Å². The quantitative estimate of drug-likeness (QED) is 0.649. The second-order valence-electron chi connectivity index (χ2n) is 3.56. The fourth-order valence-corrected chi connectivity index (χ4v) is 1.75. The van der Waals surface area contributed by atoms with Crippen LogP contribution >= 0.6 is 0 Å². The topological polar surface area (TPSA) is 75.6 Å². The van der Waals surface area contributed by atoms with Crippen molar-refractivity contribution in [3.63, 3.8) is 0 Å². The van der Waals surface area contributed by atoms with E-state index >= 15 is 0 Å². The zero-order valence-corrected chi connectivity index (χ0v) is 8.50. The molecule has 2 atom stereocenters. The molecule has 1 aliphatic rings. The largest absolute Gasteiger partial charge is 0.317 e. The van der Waals surface area contributed by atoms with Crippen LogP contribution in [0.25, 0.3) is 0 Å². The van der Waals surface area contributed by atoms with Crippen LogP contribution in [0.5, 0.6) is 0 Å². The molecule has 4 N–H and O–H groups in total. The zero-order valence-electron chi connectivity index (χ0n) is 8.50. The molecular weight excluding hydrogens is 192 g/mol. The minimum atomic E-state index is -0.657. The van der Waals surface area contributed by atoms with Crippen molar-refractivity contribution >= 4 is 11.6 Å². The second kappa shape index (κ2) is 3.52. The van der Waals surface area contributed by atoms with Gasteiger partial charge in [-0.3, -0.25) is 14.8 Å². The van der Waals surface area contributed by atoms with E-state index in [4.69, 9.17) is 11.5 Å². The Balaban J connectivity index is 2.35. The average Bonchev–Trinajstić information content (AvgIpc) is 2.45. The van der Waals surface area contributed by atoms with Crippen molar-refractivity contribution in [3.05, 3.63) is 30.3 Å². The van der Waals surface area contributed by atoms with Gasteiger partial charge in [0.25, 0.3) is 5.91 Å². The molecule has 0 spiro atoms. The molecule has 0 aliphatic carbocycles. The fraction of sp³-hybridized carbons (Fsp3) is 0.300. The van der Waals surface area contributed by atoms with Crippen LogP contribution in [-0.4, -0.2) is 30.2 Å². The molecule has 5 heteroatoms. The Labute approximate surface area is 88.2 Å². The van der Waals surface area contributed by atoms with E-state index in [1.165, 1.54) is 5.01 Å². The number of hydrogen-bond acceptors (Lipinski definition) is 4. The smallest absolute Gasteiger partial charge is 0.261 e. The van der Waals surface area contributed by atoms with Gasteiger partial charge in [-0.25, -0.2) is 0 Å². The van der Waals surface area contributed by atoms with Gasteiger partial charge in [0.05, 0.1) is 5.69 Å². The van der Waals surface area contributed by atoms with Gasteiger partial charge in [0.2, 0.25) is 0 Å². The highest BCUT2D eigenvalue weighted by Gasteiger charge is 2.40. The summed E-state index contributed by atoms with van der Waals surface area (Å²) in [6.45, 7) is 0. The number of likely N-dealkylation sites (N-methyl/N-ethyl adjacent to an activating group) is 1.